The lowest BCUT2D eigenvalue weighted by molar-refractivity contribution is -0.134. The van der Waals surface area contributed by atoms with Gasteiger partial charge in [0.25, 0.3) is 0 Å². The fraction of sp³-hybridized carbons (Fsp3) is 0.500. The lowest BCUT2D eigenvalue weighted by Crippen LogP contribution is -2.44. The number of H-pyrrole nitrogens is 1. The molecule has 2 aromatic rings. The standard InChI is InChI=1S/C20H27N3O2/c1-15-18(16(2)22-21-15)12-19(24)23(13-17-8-4-3-5-9-17)14-20(25)10-6-7-11-20/h3-5,8-9,25H,6-7,10-14H2,1-2H3,(H,21,22). The van der Waals surface area contributed by atoms with Crippen LogP contribution in [0.3, 0.4) is 0 Å². The molecule has 0 radical (unpaired) electrons. The number of aromatic nitrogens is 2. The fourth-order valence-electron chi connectivity index (χ4n) is 3.68. The highest BCUT2D eigenvalue weighted by molar-refractivity contribution is 5.79. The summed E-state index contributed by atoms with van der Waals surface area (Å²) in [6.07, 6.45) is 3.93. The van der Waals surface area contributed by atoms with Gasteiger partial charge in [0.2, 0.25) is 5.91 Å². The van der Waals surface area contributed by atoms with Gasteiger partial charge in [0.05, 0.1) is 17.7 Å². The van der Waals surface area contributed by atoms with Crippen molar-refractivity contribution in [3.63, 3.8) is 0 Å². The minimum Gasteiger partial charge on any atom is -0.388 e. The van der Waals surface area contributed by atoms with Crippen molar-refractivity contribution >= 4 is 5.91 Å². The van der Waals surface area contributed by atoms with Crippen molar-refractivity contribution in [3.8, 4) is 0 Å². The Hall–Kier alpha value is -2.14. The number of amides is 1. The van der Waals surface area contributed by atoms with Gasteiger partial charge in [0.1, 0.15) is 0 Å². The Kier molecular flexibility index (Phi) is 5.23. The topological polar surface area (TPSA) is 69.2 Å². The third kappa shape index (κ3) is 4.28. The minimum absolute atomic E-state index is 0.0387. The number of carbonyl (C=O) groups is 1. The number of rotatable bonds is 6. The van der Waals surface area contributed by atoms with E-state index in [9.17, 15) is 9.90 Å². The molecule has 0 atom stereocenters. The number of carbonyl (C=O) groups excluding carboxylic acids is 1. The van der Waals surface area contributed by atoms with Gasteiger partial charge in [-0.05, 0) is 32.3 Å². The lowest BCUT2D eigenvalue weighted by Gasteiger charge is -2.31. The van der Waals surface area contributed by atoms with E-state index in [-0.39, 0.29) is 5.91 Å². The van der Waals surface area contributed by atoms with Gasteiger partial charge < -0.3 is 10.0 Å². The summed E-state index contributed by atoms with van der Waals surface area (Å²) in [7, 11) is 0. The molecule has 1 aromatic heterocycles. The van der Waals surface area contributed by atoms with Crippen LogP contribution in [0.15, 0.2) is 30.3 Å². The summed E-state index contributed by atoms with van der Waals surface area (Å²) in [5.41, 5.74) is 3.10. The summed E-state index contributed by atoms with van der Waals surface area (Å²) < 4.78 is 0. The first-order valence-electron chi connectivity index (χ1n) is 9.01. The summed E-state index contributed by atoms with van der Waals surface area (Å²) in [6.45, 7) is 4.78. The van der Waals surface area contributed by atoms with E-state index in [1.54, 1.807) is 0 Å². The second-order valence-corrected chi connectivity index (χ2v) is 7.26. The van der Waals surface area contributed by atoms with Crippen LogP contribution in [0.5, 0.6) is 0 Å². The molecule has 0 spiro atoms. The Bertz CT molecular complexity index is 698. The number of nitrogens with zero attached hydrogens (tertiary/aromatic N) is 2. The Morgan fingerprint density at radius 1 is 1.24 bits per heavy atom. The average molecular weight is 341 g/mol. The zero-order valence-corrected chi connectivity index (χ0v) is 15.1. The molecule has 1 fully saturated rings. The maximum absolute atomic E-state index is 13.0. The molecule has 1 saturated carbocycles. The number of aryl methyl sites for hydroxylation is 2. The minimum atomic E-state index is -0.745. The monoisotopic (exact) mass is 341 g/mol. The predicted octanol–water partition coefficient (Wildman–Crippen LogP) is 2.90. The highest BCUT2D eigenvalue weighted by Crippen LogP contribution is 2.31. The maximum Gasteiger partial charge on any atom is 0.227 e. The molecule has 5 heteroatoms. The number of hydrogen-bond donors (Lipinski definition) is 2. The van der Waals surface area contributed by atoms with Crippen molar-refractivity contribution in [2.45, 2.75) is 58.1 Å². The first-order valence-corrected chi connectivity index (χ1v) is 9.01. The van der Waals surface area contributed by atoms with Crippen molar-refractivity contribution in [1.82, 2.24) is 15.1 Å². The van der Waals surface area contributed by atoms with Gasteiger partial charge in [0.15, 0.2) is 0 Å². The SMILES string of the molecule is Cc1n[nH]c(C)c1CC(=O)N(Cc1ccccc1)CC1(O)CCCC1. The number of nitrogens with one attached hydrogen (secondary N) is 1. The van der Waals surface area contributed by atoms with Crippen molar-refractivity contribution in [3.05, 3.63) is 52.8 Å². The van der Waals surface area contributed by atoms with E-state index in [2.05, 4.69) is 10.2 Å². The van der Waals surface area contributed by atoms with E-state index < -0.39 is 5.60 Å². The van der Waals surface area contributed by atoms with Crippen LogP contribution in [0.2, 0.25) is 0 Å². The summed E-state index contributed by atoms with van der Waals surface area (Å²) in [4.78, 5) is 14.8. The molecule has 1 heterocycles. The molecule has 0 saturated heterocycles. The van der Waals surface area contributed by atoms with Crippen LogP contribution < -0.4 is 0 Å². The van der Waals surface area contributed by atoms with Gasteiger partial charge in [-0.2, -0.15) is 5.10 Å². The Labute approximate surface area is 149 Å². The zero-order valence-electron chi connectivity index (χ0n) is 15.1. The summed E-state index contributed by atoms with van der Waals surface area (Å²) in [6, 6.07) is 9.97. The van der Waals surface area contributed by atoms with Gasteiger partial charge in [-0.3, -0.25) is 9.89 Å². The van der Waals surface area contributed by atoms with Crippen LogP contribution in [0, 0.1) is 13.8 Å². The number of benzene rings is 1. The van der Waals surface area contributed by atoms with Crippen molar-refractivity contribution < 1.29 is 9.90 Å². The van der Waals surface area contributed by atoms with E-state index in [4.69, 9.17) is 0 Å². The van der Waals surface area contributed by atoms with Crippen LogP contribution in [-0.2, 0) is 17.8 Å². The van der Waals surface area contributed by atoms with Gasteiger partial charge in [-0.15, -0.1) is 0 Å². The molecule has 3 rings (SSSR count). The number of aromatic amines is 1. The smallest absolute Gasteiger partial charge is 0.227 e. The van der Waals surface area contributed by atoms with Crippen LogP contribution in [0.1, 0.15) is 48.2 Å². The van der Waals surface area contributed by atoms with Crippen LogP contribution in [0.4, 0.5) is 0 Å². The molecule has 134 valence electrons. The Morgan fingerprint density at radius 3 is 2.52 bits per heavy atom. The summed E-state index contributed by atoms with van der Waals surface area (Å²) >= 11 is 0. The largest absolute Gasteiger partial charge is 0.388 e. The molecule has 1 aliphatic carbocycles. The fourth-order valence-corrected chi connectivity index (χ4v) is 3.68. The zero-order chi connectivity index (χ0) is 17.9. The average Bonchev–Trinajstić information content (AvgIpc) is 3.16. The molecule has 2 N–H and O–H groups in total. The van der Waals surface area contributed by atoms with Crippen molar-refractivity contribution in [1.29, 1.82) is 0 Å². The Morgan fingerprint density at radius 2 is 1.92 bits per heavy atom. The summed E-state index contributed by atoms with van der Waals surface area (Å²) in [5, 5.41) is 17.9. The van der Waals surface area contributed by atoms with Crippen LogP contribution >= 0.6 is 0 Å². The highest BCUT2D eigenvalue weighted by atomic mass is 16.3. The highest BCUT2D eigenvalue weighted by Gasteiger charge is 2.34. The normalized spacial score (nSPS) is 16.1. The van der Waals surface area contributed by atoms with E-state index in [1.807, 2.05) is 49.1 Å². The van der Waals surface area contributed by atoms with Gasteiger partial charge in [0, 0.05) is 24.3 Å². The first kappa shape index (κ1) is 17.7. The summed E-state index contributed by atoms with van der Waals surface area (Å²) in [5.74, 6) is 0.0387. The third-order valence-corrected chi connectivity index (χ3v) is 5.20. The van der Waals surface area contributed by atoms with Crippen LogP contribution in [-0.4, -0.2) is 38.3 Å². The quantitative estimate of drug-likeness (QED) is 0.849. The van der Waals surface area contributed by atoms with E-state index in [1.165, 1.54) is 0 Å². The first-order chi connectivity index (χ1) is 12.0. The molecule has 0 unspecified atom stereocenters. The molecule has 0 aliphatic heterocycles. The predicted molar refractivity (Wildman–Crippen MR) is 97.0 cm³/mol. The molecule has 0 bridgehead atoms. The van der Waals surface area contributed by atoms with Crippen molar-refractivity contribution in [2.75, 3.05) is 6.54 Å². The van der Waals surface area contributed by atoms with E-state index >= 15 is 0 Å². The van der Waals surface area contributed by atoms with Gasteiger partial charge in [-0.25, -0.2) is 0 Å². The number of hydrogen-bond acceptors (Lipinski definition) is 3. The molecule has 25 heavy (non-hydrogen) atoms. The second kappa shape index (κ2) is 7.40. The molecular weight excluding hydrogens is 314 g/mol. The third-order valence-electron chi connectivity index (χ3n) is 5.20. The van der Waals surface area contributed by atoms with E-state index in [0.717, 1.165) is 48.2 Å². The molecular formula is C20H27N3O2. The van der Waals surface area contributed by atoms with Crippen molar-refractivity contribution in [2.24, 2.45) is 0 Å². The van der Waals surface area contributed by atoms with Gasteiger partial charge in [-0.1, -0.05) is 43.2 Å². The molecule has 1 amide bonds. The lowest BCUT2D eigenvalue weighted by atomic mass is 10.0. The number of aliphatic hydroxyl groups is 1. The van der Waals surface area contributed by atoms with Crippen LogP contribution in [0.25, 0.3) is 0 Å². The molecule has 1 aliphatic rings. The second-order valence-electron chi connectivity index (χ2n) is 7.26. The maximum atomic E-state index is 13.0. The molecule has 5 nitrogen and oxygen atoms in total. The molecule has 1 aromatic carbocycles. The Balaban J connectivity index is 1.78. The van der Waals surface area contributed by atoms with Gasteiger partial charge >= 0.3 is 0 Å². The van der Waals surface area contributed by atoms with E-state index in [0.29, 0.717) is 19.5 Å².